The van der Waals surface area contributed by atoms with E-state index in [0.29, 0.717) is 23.1 Å². The standard InChI is InChI=1S/C21H28N4O2/c1-5-9-15(10-6-2)23-16-13-14(3)22-20-19(16)24-21(26)25(20)17-11-7-8-12-18(17)27-4/h7-8,11-13,15H,5-6,9-10H2,1-4H3,(H,22,23)(H,24,26). The molecule has 0 bridgehead atoms. The van der Waals surface area contributed by atoms with Crippen LogP contribution in [0.4, 0.5) is 5.69 Å². The number of pyridine rings is 1. The van der Waals surface area contributed by atoms with Crippen LogP contribution in [-0.4, -0.2) is 27.7 Å². The first-order valence-electron chi connectivity index (χ1n) is 9.61. The van der Waals surface area contributed by atoms with Gasteiger partial charge in [0.25, 0.3) is 0 Å². The van der Waals surface area contributed by atoms with Crippen LogP contribution >= 0.6 is 0 Å². The van der Waals surface area contributed by atoms with Gasteiger partial charge in [-0.1, -0.05) is 38.8 Å². The molecule has 0 radical (unpaired) electrons. The first-order chi connectivity index (χ1) is 13.1. The Labute approximate surface area is 159 Å². The second kappa shape index (κ2) is 8.29. The molecule has 0 atom stereocenters. The van der Waals surface area contributed by atoms with E-state index in [0.717, 1.165) is 42.6 Å². The van der Waals surface area contributed by atoms with Crippen LogP contribution in [0.1, 0.15) is 45.2 Å². The Morgan fingerprint density at radius 2 is 1.93 bits per heavy atom. The number of aromatic nitrogens is 3. The Hall–Kier alpha value is -2.76. The molecule has 1 aromatic carbocycles. The summed E-state index contributed by atoms with van der Waals surface area (Å²) in [5.41, 5.74) is 3.58. The molecule has 27 heavy (non-hydrogen) atoms. The maximum absolute atomic E-state index is 12.8. The average Bonchev–Trinajstić information content (AvgIpc) is 2.98. The quantitative estimate of drug-likeness (QED) is 0.618. The number of methoxy groups -OCH3 is 1. The van der Waals surface area contributed by atoms with Gasteiger partial charge in [0.05, 0.1) is 18.5 Å². The molecule has 3 aromatic rings. The topological polar surface area (TPSA) is 71.9 Å². The van der Waals surface area contributed by atoms with Crippen molar-refractivity contribution >= 4 is 16.9 Å². The molecule has 0 unspecified atom stereocenters. The lowest BCUT2D eigenvalue weighted by Gasteiger charge is -2.19. The zero-order valence-corrected chi connectivity index (χ0v) is 16.5. The fourth-order valence-electron chi connectivity index (χ4n) is 3.56. The molecular formula is C21H28N4O2. The third-order valence-corrected chi connectivity index (χ3v) is 4.74. The summed E-state index contributed by atoms with van der Waals surface area (Å²) < 4.78 is 7.03. The SMILES string of the molecule is CCCC(CCC)Nc1cc(C)nc2c1[nH]c(=O)n2-c1ccccc1OC. The molecule has 0 saturated heterocycles. The summed E-state index contributed by atoms with van der Waals surface area (Å²) in [6.07, 6.45) is 4.41. The van der Waals surface area contributed by atoms with Crippen molar-refractivity contribution in [3.05, 3.63) is 46.5 Å². The van der Waals surface area contributed by atoms with Gasteiger partial charge < -0.3 is 15.0 Å². The highest BCUT2D eigenvalue weighted by Gasteiger charge is 2.18. The van der Waals surface area contributed by atoms with Crippen molar-refractivity contribution in [2.75, 3.05) is 12.4 Å². The Balaban J connectivity index is 2.15. The molecule has 0 amide bonds. The Morgan fingerprint density at radius 1 is 1.22 bits per heavy atom. The van der Waals surface area contributed by atoms with Gasteiger partial charge in [0.2, 0.25) is 0 Å². The zero-order valence-electron chi connectivity index (χ0n) is 16.5. The summed E-state index contributed by atoms with van der Waals surface area (Å²) in [5, 5.41) is 3.63. The molecular weight excluding hydrogens is 340 g/mol. The number of nitrogens with zero attached hydrogens (tertiary/aromatic N) is 2. The van der Waals surface area contributed by atoms with Crippen LogP contribution in [0.3, 0.4) is 0 Å². The van der Waals surface area contributed by atoms with Gasteiger partial charge >= 0.3 is 5.69 Å². The van der Waals surface area contributed by atoms with Crippen LogP contribution in [-0.2, 0) is 0 Å². The summed E-state index contributed by atoms with van der Waals surface area (Å²) in [5.74, 6) is 0.633. The van der Waals surface area contributed by atoms with Crippen LogP contribution in [0.5, 0.6) is 5.75 Å². The zero-order chi connectivity index (χ0) is 19.4. The van der Waals surface area contributed by atoms with E-state index in [-0.39, 0.29) is 5.69 Å². The predicted molar refractivity (Wildman–Crippen MR) is 110 cm³/mol. The Bertz CT molecular complexity index is 968. The van der Waals surface area contributed by atoms with Crippen LogP contribution < -0.4 is 15.7 Å². The molecule has 6 heteroatoms. The molecule has 3 rings (SSSR count). The largest absolute Gasteiger partial charge is 0.495 e. The lowest BCUT2D eigenvalue weighted by Crippen LogP contribution is -2.19. The van der Waals surface area contributed by atoms with E-state index in [1.807, 2.05) is 37.3 Å². The fraction of sp³-hybridized carbons (Fsp3) is 0.429. The highest BCUT2D eigenvalue weighted by atomic mass is 16.5. The van der Waals surface area contributed by atoms with Crippen molar-refractivity contribution in [3.63, 3.8) is 0 Å². The van der Waals surface area contributed by atoms with Gasteiger partial charge in [0.1, 0.15) is 11.3 Å². The van der Waals surface area contributed by atoms with Gasteiger partial charge in [-0.2, -0.15) is 0 Å². The number of ether oxygens (including phenoxy) is 1. The molecule has 0 spiro atoms. The minimum atomic E-state index is -0.224. The second-order valence-corrected chi connectivity index (χ2v) is 6.87. The summed E-state index contributed by atoms with van der Waals surface area (Å²) in [6.45, 7) is 6.33. The van der Waals surface area contributed by atoms with Gasteiger partial charge in [-0.25, -0.2) is 14.3 Å². The molecule has 0 saturated carbocycles. The average molecular weight is 368 g/mol. The summed E-state index contributed by atoms with van der Waals surface area (Å²) >= 11 is 0. The van der Waals surface area contributed by atoms with E-state index in [4.69, 9.17) is 4.74 Å². The first kappa shape index (κ1) is 19.0. The molecule has 2 aromatic heterocycles. The predicted octanol–water partition coefficient (Wildman–Crippen LogP) is 4.41. The van der Waals surface area contributed by atoms with Gasteiger partial charge in [-0.3, -0.25) is 0 Å². The molecule has 0 fully saturated rings. The number of aromatic amines is 1. The number of nitrogens with one attached hydrogen (secondary N) is 2. The van der Waals surface area contributed by atoms with Crippen molar-refractivity contribution in [2.24, 2.45) is 0 Å². The lowest BCUT2D eigenvalue weighted by molar-refractivity contribution is 0.413. The fourth-order valence-corrected chi connectivity index (χ4v) is 3.56. The van der Waals surface area contributed by atoms with Crippen molar-refractivity contribution < 1.29 is 4.74 Å². The lowest BCUT2D eigenvalue weighted by atomic mass is 10.1. The summed E-state index contributed by atoms with van der Waals surface area (Å²) in [4.78, 5) is 20.4. The summed E-state index contributed by atoms with van der Waals surface area (Å²) in [6, 6.07) is 9.85. The smallest absolute Gasteiger partial charge is 0.332 e. The van der Waals surface area contributed by atoms with E-state index < -0.39 is 0 Å². The van der Waals surface area contributed by atoms with Crippen LogP contribution in [0.25, 0.3) is 16.9 Å². The molecule has 0 aliphatic carbocycles. The van der Waals surface area contributed by atoms with Crippen molar-refractivity contribution in [1.29, 1.82) is 0 Å². The van der Waals surface area contributed by atoms with E-state index in [2.05, 4.69) is 29.1 Å². The summed E-state index contributed by atoms with van der Waals surface area (Å²) in [7, 11) is 1.60. The van der Waals surface area contributed by atoms with Crippen LogP contribution in [0, 0.1) is 6.92 Å². The van der Waals surface area contributed by atoms with E-state index in [1.54, 1.807) is 11.7 Å². The van der Waals surface area contributed by atoms with E-state index >= 15 is 0 Å². The normalized spacial score (nSPS) is 11.3. The monoisotopic (exact) mass is 368 g/mol. The maximum Gasteiger partial charge on any atom is 0.332 e. The highest BCUT2D eigenvalue weighted by molar-refractivity contribution is 5.87. The Kier molecular flexibility index (Phi) is 5.84. The molecule has 0 aliphatic heterocycles. The molecule has 0 aliphatic rings. The third kappa shape index (κ3) is 3.84. The minimum absolute atomic E-state index is 0.224. The second-order valence-electron chi connectivity index (χ2n) is 6.87. The van der Waals surface area contributed by atoms with Gasteiger partial charge in [0.15, 0.2) is 5.65 Å². The van der Waals surface area contributed by atoms with Crippen LogP contribution in [0.15, 0.2) is 35.1 Å². The number of aryl methyl sites for hydroxylation is 1. The number of fused-ring (bicyclic) bond motifs is 1. The van der Waals surface area contributed by atoms with Gasteiger partial charge in [0, 0.05) is 11.7 Å². The van der Waals surface area contributed by atoms with Crippen LogP contribution in [0.2, 0.25) is 0 Å². The molecule has 2 heterocycles. The molecule has 6 nitrogen and oxygen atoms in total. The highest BCUT2D eigenvalue weighted by Crippen LogP contribution is 2.28. The molecule has 144 valence electrons. The number of para-hydroxylation sites is 2. The third-order valence-electron chi connectivity index (χ3n) is 4.74. The first-order valence-corrected chi connectivity index (χ1v) is 9.61. The number of H-pyrrole nitrogens is 1. The molecule has 2 N–H and O–H groups in total. The minimum Gasteiger partial charge on any atom is -0.495 e. The van der Waals surface area contributed by atoms with E-state index in [1.165, 1.54) is 0 Å². The number of benzene rings is 1. The maximum atomic E-state index is 12.8. The number of rotatable bonds is 8. The van der Waals surface area contributed by atoms with Crippen molar-refractivity contribution in [1.82, 2.24) is 14.5 Å². The number of hydrogen-bond donors (Lipinski definition) is 2. The number of imidazole rings is 1. The van der Waals surface area contributed by atoms with Gasteiger partial charge in [-0.15, -0.1) is 0 Å². The van der Waals surface area contributed by atoms with Crippen molar-refractivity contribution in [3.8, 4) is 11.4 Å². The van der Waals surface area contributed by atoms with Crippen molar-refractivity contribution in [2.45, 2.75) is 52.5 Å². The number of anilines is 1. The van der Waals surface area contributed by atoms with Gasteiger partial charge in [-0.05, 0) is 38.0 Å². The Morgan fingerprint density at radius 3 is 2.59 bits per heavy atom. The number of hydrogen-bond acceptors (Lipinski definition) is 4. The van der Waals surface area contributed by atoms with E-state index in [9.17, 15) is 4.79 Å².